The molecule has 26 heavy (non-hydrogen) atoms. The van der Waals surface area contributed by atoms with Crippen LogP contribution in [0.3, 0.4) is 0 Å². The van der Waals surface area contributed by atoms with Gasteiger partial charge in [-0.05, 0) is 44.0 Å². The number of benzene rings is 1. The van der Waals surface area contributed by atoms with Crippen LogP contribution in [0.1, 0.15) is 43.5 Å². The molecular weight excluding hydrogens is 370 g/mol. The molecule has 138 valence electrons. The molecule has 1 aromatic carbocycles. The van der Waals surface area contributed by atoms with Crippen molar-refractivity contribution in [2.24, 2.45) is 0 Å². The number of Topliss-reactive ketones (excluding diaryl/α,β-unsaturated/α-hetero) is 1. The maximum Gasteiger partial charge on any atom is 0.228 e. The van der Waals surface area contributed by atoms with E-state index in [1.807, 2.05) is 13.8 Å². The zero-order valence-corrected chi connectivity index (χ0v) is 16.6. The number of thioether (sulfide) groups is 1. The highest BCUT2D eigenvalue weighted by molar-refractivity contribution is 8.02. The van der Waals surface area contributed by atoms with E-state index in [1.54, 1.807) is 36.3 Å². The Kier molecular flexibility index (Phi) is 5.93. The first-order valence-electron chi connectivity index (χ1n) is 8.54. The molecule has 0 bridgehead atoms. The number of amides is 1. The largest absolute Gasteiger partial charge is 0.497 e. The van der Waals surface area contributed by atoms with Crippen LogP contribution >= 0.6 is 23.1 Å². The minimum absolute atomic E-state index is 0.0260. The van der Waals surface area contributed by atoms with Crippen molar-refractivity contribution >= 4 is 39.9 Å². The monoisotopic (exact) mass is 391 g/mol. The molecule has 0 unspecified atom stereocenters. The van der Waals surface area contributed by atoms with Crippen LogP contribution in [0.15, 0.2) is 28.6 Å². The summed E-state index contributed by atoms with van der Waals surface area (Å²) in [6.07, 6.45) is 2.48. The van der Waals surface area contributed by atoms with Crippen molar-refractivity contribution in [3.8, 4) is 5.75 Å². The fourth-order valence-electron chi connectivity index (χ4n) is 2.51. The Morgan fingerprint density at radius 2 is 2.00 bits per heavy atom. The number of carbonyl (C=O) groups is 2. The van der Waals surface area contributed by atoms with E-state index in [0.29, 0.717) is 21.5 Å². The Morgan fingerprint density at radius 3 is 2.58 bits per heavy atom. The minimum Gasteiger partial charge on any atom is -0.497 e. The van der Waals surface area contributed by atoms with Gasteiger partial charge in [0.15, 0.2) is 10.1 Å². The van der Waals surface area contributed by atoms with Gasteiger partial charge in [-0.25, -0.2) is 0 Å². The van der Waals surface area contributed by atoms with Crippen molar-refractivity contribution < 1.29 is 14.3 Å². The summed E-state index contributed by atoms with van der Waals surface area (Å²) in [4.78, 5) is 26.5. The molecule has 1 amide bonds. The van der Waals surface area contributed by atoms with E-state index >= 15 is 0 Å². The third-order valence-corrected chi connectivity index (χ3v) is 6.21. The number of hydrogen-bond donors (Lipinski definition) is 0. The molecule has 6 nitrogen and oxygen atoms in total. The number of ether oxygens (including phenoxy) is 1. The summed E-state index contributed by atoms with van der Waals surface area (Å²) >= 11 is 2.75. The van der Waals surface area contributed by atoms with Crippen molar-refractivity contribution in [1.29, 1.82) is 0 Å². The summed E-state index contributed by atoms with van der Waals surface area (Å²) in [5.41, 5.74) is 0.635. The van der Waals surface area contributed by atoms with Crippen LogP contribution < -0.4 is 9.64 Å². The molecule has 0 N–H and O–H groups in total. The molecule has 1 fully saturated rings. The summed E-state index contributed by atoms with van der Waals surface area (Å²) < 4.78 is 5.82. The number of methoxy groups -OCH3 is 1. The molecule has 0 spiro atoms. The van der Waals surface area contributed by atoms with Gasteiger partial charge in [0.25, 0.3) is 0 Å². The highest BCUT2D eigenvalue weighted by Gasteiger charge is 2.35. The van der Waals surface area contributed by atoms with Crippen LogP contribution in [0.2, 0.25) is 0 Å². The summed E-state index contributed by atoms with van der Waals surface area (Å²) in [5, 5.41) is 8.69. The van der Waals surface area contributed by atoms with Gasteiger partial charge in [0.05, 0.1) is 12.4 Å². The Labute approximate surface area is 160 Å². The van der Waals surface area contributed by atoms with E-state index in [9.17, 15) is 9.59 Å². The third-order valence-electron chi connectivity index (χ3n) is 4.11. The van der Waals surface area contributed by atoms with Gasteiger partial charge < -0.3 is 4.74 Å². The summed E-state index contributed by atoms with van der Waals surface area (Å²) in [6.45, 7) is 3.71. The van der Waals surface area contributed by atoms with Crippen LogP contribution in [0.5, 0.6) is 5.75 Å². The van der Waals surface area contributed by atoms with Gasteiger partial charge in [0, 0.05) is 18.0 Å². The first-order valence-corrected chi connectivity index (χ1v) is 10.2. The van der Waals surface area contributed by atoms with E-state index in [4.69, 9.17) is 4.74 Å². The number of hydrogen-bond acceptors (Lipinski definition) is 7. The number of anilines is 1. The quantitative estimate of drug-likeness (QED) is 0.387. The van der Waals surface area contributed by atoms with Gasteiger partial charge >= 0.3 is 0 Å². The normalized spacial score (nSPS) is 14.7. The molecular formula is C18H21N3O3S2. The first-order chi connectivity index (χ1) is 12.5. The third kappa shape index (κ3) is 4.24. The molecule has 1 saturated carbocycles. The summed E-state index contributed by atoms with van der Waals surface area (Å²) in [6, 6.07) is 7.33. The van der Waals surface area contributed by atoms with Crippen LogP contribution in [-0.4, -0.2) is 40.3 Å². The van der Waals surface area contributed by atoms with E-state index in [2.05, 4.69) is 10.2 Å². The topological polar surface area (TPSA) is 72.4 Å². The Balaban J connectivity index is 1.67. The second-order valence-corrected chi connectivity index (χ2v) is 8.60. The molecule has 1 heterocycles. The minimum atomic E-state index is -0.291. The van der Waals surface area contributed by atoms with Gasteiger partial charge in [0.2, 0.25) is 11.0 Å². The second kappa shape index (κ2) is 8.18. The number of carbonyl (C=O) groups excluding carboxylic acids is 2. The summed E-state index contributed by atoms with van der Waals surface area (Å²) in [7, 11) is 1.59. The molecule has 8 heteroatoms. The van der Waals surface area contributed by atoms with Crippen molar-refractivity contribution in [3.63, 3.8) is 0 Å². The van der Waals surface area contributed by atoms with Gasteiger partial charge in [-0.1, -0.05) is 30.0 Å². The zero-order valence-electron chi connectivity index (χ0n) is 15.0. The predicted molar refractivity (Wildman–Crippen MR) is 103 cm³/mol. The highest BCUT2D eigenvalue weighted by atomic mass is 32.2. The van der Waals surface area contributed by atoms with Crippen LogP contribution in [0.25, 0.3) is 0 Å². The summed E-state index contributed by atoms with van der Waals surface area (Å²) in [5.74, 6) is 0.817. The van der Waals surface area contributed by atoms with E-state index in [1.165, 1.54) is 23.1 Å². The molecule has 1 aliphatic carbocycles. The number of rotatable bonds is 8. The lowest BCUT2D eigenvalue weighted by Crippen LogP contribution is -2.32. The Bertz CT molecular complexity index is 787. The molecule has 2 aromatic rings. The predicted octanol–water partition coefficient (Wildman–Crippen LogP) is 3.82. The van der Waals surface area contributed by atoms with E-state index < -0.39 is 0 Å². The molecule has 3 rings (SSSR count). The number of nitrogens with zero attached hydrogens (tertiary/aromatic N) is 3. The molecule has 1 atom stereocenters. The highest BCUT2D eigenvalue weighted by Crippen LogP contribution is 2.37. The van der Waals surface area contributed by atoms with Crippen molar-refractivity contribution in [2.45, 2.75) is 48.7 Å². The molecule has 0 aliphatic heterocycles. The van der Waals surface area contributed by atoms with Gasteiger partial charge in [-0.2, -0.15) is 0 Å². The SMILES string of the molecule is CCC(=O)N(c1nnc(S[C@@H](C)C(=O)c2ccc(OC)cc2)s1)C1CC1. The van der Waals surface area contributed by atoms with Crippen molar-refractivity contribution in [1.82, 2.24) is 10.2 Å². The van der Waals surface area contributed by atoms with Crippen LogP contribution in [-0.2, 0) is 4.79 Å². The first kappa shape index (κ1) is 18.8. The van der Waals surface area contributed by atoms with Crippen LogP contribution in [0, 0.1) is 0 Å². The average Bonchev–Trinajstić information content (AvgIpc) is 3.40. The number of aromatic nitrogens is 2. The fourth-order valence-corrected chi connectivity index (χ4v) is 4.66. The molecule has 0 saturated heterocycles. The lowest BCUT2D eigenvalue weighted by atomic mass is 10.1. The second-order valence-electron chi connectivity index (χ2n) is 6.05. The molecule has 0 radical (unpaired) electrons. The Hall–Kier alpha value is -1.93. The lowest BCUT2D eigenvalue weighted by Gasteiger charge is -2.17. The van der Waals surface area contributed by atoms with E-state index in [0.717, 1.165) is 18.6 Å². The Morgan fingerprint density at radius 1 is 1.31 bits per heavy atom. The van der Waals surface area contributed by atoms with Crippen molar-refractivity contribution in [3.05, 3.63) is 29.8 Å². The van der Waals surface area contributed by atoms with Crippen LogP contribution in [0.4, 0.5) is 5.13 Å². The van der Waals surface area contributed by atoms with Gasteiger partial charge in [-0.15, -0.1) is 10.2 Å². The lowest BCUT2D eigenvalue weighted by molar-refractivity contribution is -0.118. The number of ketones is 1. The smallest absolute Gasteiger partial charge is 0.228 e. The standard InChI is InChI=1S/C18H21N3O3S2/c1-4-15(22)21(13-7-8-13)17-19-20-18(26-17)25-11(2)16(23)12-5-9-14(24-3)10-6-12/h5-6,9-11,13H,4,7-8H2,1-3H3/t11-/m0/s1. The van der Waals surface area contributed by atoms with E-state index in [-0.39, 0.29) is 23.0 Å². The average molecular weight is 392 g/mol. The zero-order chi connectivity index (χ0) is 18.7. The maximum absolute atomic E-state index is 12.6. The molecule has 1 aliphatic rings. The molecule has 1 aromatic heterocycles. The van der Waals surface area contributed by atoms with Crippen molar-refractivity contribution in [2.75, 3.05) is 12.0 Å². The van der Waals surface area contributed by atoms with Gasteiger partial charge in [-0.3, -0.25) is 14.5 Å². The fraction of sp³-hybridized carbons (Fsp3) is 0.444. The maximum atomic E-state index is 12.6. The van der Waals surface area contributed by atoms with Gasteiger partial charge in [0.1, 0.15) is 5.75 Å².